The number of nitrogens with zero attached hydrogens (tertiary/aromatic N) is 1. The molecule has 0 aromatic heterocycles. The fourth-order valence-corrected chi connectivity index (χ4v) is 4.63. The molecule has 12 N–H and O–H groups in total. The highest BCUT2D eigenvalue weighted by Crippen LogP contribution is 2.10. The van der Waals surface area contributed by atoms with Crippen molar-refractivity contribution in [2.24, 2.45) is 22.4 Å². The highest BCUT2D eigenvalue weighted by molar-refractivity contribution is 5.97. The van der Waals surface area contributed by atoms with Crippen LogP contribution in [-0.4, -0.2) is 113 Å². The summed E-state index contributed by atoms with van der Waals surface area (Å²) in [6, 6.07) is 1.63. The predicted octanol–water partition coefficient (Wildman–Crippen LogP) is -1.53. The van der Waals surface area contributed by atoms with Gasteiger partial charge in [-0.05, 0) is 52.0 Å². The van der Waals surface area contributed by atoms with E-state index in [-0.39, 0.29) is 31.8 Å². The molecule has 1 aromatic rings. The van der Waals surface area contributed by atoms with Crippen molar-refractivity contribution in [2.45, 2.75) is 103 Å². The largest absolute Gasteiger partial charge is 0.481 e. The van der Waals surface area contributed by atoms with Gasteiger partial charge in [0.05, 0.1) is 13.0 Å². The molecule has 0 saturated heterocycles. The van der Waals surface area contributed by atoms with Crippen LogP contribution in [0.3, 0.4) is 0 Å². The number of guanidine groups is 1. The maximum atomic E-state index is 13.6. The van der Waals surface area contributed by atoms with Gasteiger partial charge in [-0.25, -0.2) is 4.79 Å². The average molecular weight is 764 g/mol. The van der Waals surface area contributed by atoms with Crippen molar-refractivity contribution in [2.75, 3.05) is 13.1 Å². The molecule has 5 atom stereocenters. The number of rotatable bonds is 21. The Labute approximate surface area is 313 Å². The monoisotopic (exact) mass is 763 g/mol. The summed E-state index contributed by atoms with van der Waals surface area (Å²) < 4.78 is 5.21. The normalized spacial score (nSPS) is 13.8. The first kappa shape index (κ1) is 46.1. The third-order valence-corrected chi connectivity index (χ3v) is 7.30. The van der Waals surface area contributed by atoms with Crippen LogP contribution in [-0.2, 0) is 44.7 Å². The Balaban J connectivity index is 3.16. The van der Waals surface area contributed by atoms with Crippen molar-refractivity contribution in [3.05, 3.63) is 35.9 Å². The molecule has 0 fully saturated rings. The maximum absolute atomic E-state index is 13.6. The smallest absolute Gasteiger partial charge is 0.408 e. The van der Waals surface area contributed by atoms with Crippen LogP contribution >= 0.6 is 0 Å². The van der Waals surface area contributed by atoms with Crippen LogP contribution in [0.1, 0.15) is 66.4 Å². The quantitative estimate of drug-likeness (QED) is 0.0386. The first-order chi connectivity index (χ1) is 25.1. The summed E-state index contributed by atoms with van der Waals surface area (Å²) in [6.07, 6.45) is -1.65. The van der Waals surface area contributed by atoms with Crippen molar-refractivity contribution in [3.63, 3.8) is 0 Å². The van der Waals surface area contributed by atoms with Gasteiger partial charge in [-0.15, -0.1) is 0 Å². The van der Waals surface area contributed by atoms with Crippen LogP contribution in [0.25, 0.3) is 0 Å². The Morgan fingerprint density at radius 3 is 1.93 bits per heavy atom. The van der Waals surface area contributed by atoms with E-state index in [1.54, 1.807) is 65.0 Å². The number of carboxylic acid groups (broad SMARTS) is 2. The molecule has 0 saturated carbocycles. The zero-order chi connectivity index (χ0) is 41.2. The fourth-order valence-electron chi connectivity index (χ4n) is 4.63. The van der Waals surface area contributed by atoms with Crippen molar-refractivity contribution in [1.29, 1.82) is 0 Å². The van der Waals surface area contributed by atoms with Gasteiger partial charge < -0.3 is 58.3 Å². The lowest BCUT2D eigenvalue weighted by molar-refractivity contribution is -0.142. The highest BCUT2D eigenvalue weighted by atomic mass is 16.6. The van der Waals surface area contributed by atoms with Gasteiger partial charge in [-0.1, -0.05) is 44.2 Å². The van der Waals surface area contributed by atoms with Gasteiger partial charge >= 0.3 is 18.0 Å². The first-order valence-electron chi connectivity index (χ1n) is 17.1. The van der Waals surface area contributed by atoms with Crippen LogP contribution in [0, 0.1) is 5.92 Å². The van der Waals surface area contributed by atoms with Gasteiger partial charge in [0.1, 0.15) is 35.8 Å². The topological polar surface area (TPSA) is 323 Å². The molecule has 0 bridgehead atoms. The fraction of sp³-hybridized carbons (Fsp3) is 0.559. The highest BCUT2D eigenvalue weighted by Gasteiger charge is 2.33. The second-order valence-electron chi connectivity index (χ2n) is 13.6. The second-order valence-corrected chi connectivity index (χ2v) is 13.6. The number of hydrogen-bond acceptors (Lipinski definition) is 10. The molecule has 20 nitrogen and oxygen atoms in total. The van der Waals surface area contributed by atoms with E-state index >= 15 is 0 Å². The minimum atomic E-state index is -1.73. The molecule has 1 aromatic carbocycles. The van der Waals surface area contributed by atoms with E-state index in [9.17, 15) is 48.6 Å². The molecule has 0 heterocycles. The number of aliphatic imine (C=N–C) groups is 1. The van der Waals surface area contributed by atoms with Crippen LogP contribution in [0.4, 0.5) is 4.79 Å². The minimum absolute atomic E-state index is 0.0380. The molecule has 0 aliphatic heterocycles. The summed E-state index contributed by atoms with van der Waals surface area (Å²) >= 11 is 0. The lowest BCUT2D eigenvalue weighted by Crippen LogP contribution is -2.59. The Hall–Kier alpha value is -5.95. The average Bonchev–Trinajstić information content (AvgIpc) is 3.05. The van der Waals surface area contributed by atoms with Gasteiger partial charge in [0.25, 0.3) is 0 Å². The molecule has 1 rings (SSSR count). The molecule has 0 aliphatic carbocycles. The van der Waals surface area contributed by atoms with E-state index < -0.39 is 102 Å². The second kappa shape index (κ2) is 22.2. The van der Waals surface area contributed by atoms with Crippen LogP contribution < -0.4 is 43.4 Å². The molecule has 0 unspecified atom stereocenters. The molecule has 54 heavy (non-hydrogen) atoms. The molecule has 0 aliphatic rings. The molecular formula is C34H53N9O11. The Morgan fingerprint density at radius 2 is 1.39 bits per heavy atom. The molecule has 6 amide bonds. The summed E-state index contributed by atoms with van der Waals surface area (Å²) in [5, 5.41) is 33.0. The number of hydrogen-bond donors (Lipinski definition) is 10. The van der Waals surface area contributed by atoms with Gasteiger partial charge in [-0.2, -0.15) is 0 Å². The number of nitrogens with two attached hydrogens (primary N) is 2. The van der Waals surface area contributed by atoms with Crippen molar-refractivity contribution < 1.29 is 53.3 Å². The van der Waals surface area contributed by atoms with Crippen LogP contribution in [0.15, 0.2) is 35.3 Å². The number of nitrogens with one attached hydrogen (secondary N) is 6. The molecular weight excluding hydrogens is 710 g/mol. The first-order valence-corrected chi connectivity index (χ1v) is 17.1. The zero-order valence-corrected chi connectivity index (χ0v) is 31.3. The number of carbonyl (C=O) groups excluding carboxylic acids is 6. The zero-order valence-electron chi connectivity index (χ0n) is 31.3. The number of aliphatic carboxylic acids is 2. The van der Waals surface area contributed by atoms with E-state index in [0.29, 0.717) is 5.56 Å². The number of ether oxygens (including phenoxy) is 1. The van der Waals surface area contributed by atoms with Crippen molar-refractivity contribution in [3.8, 4) is 0 Å². The lowest BCUT2D eigenvalue weighted by Gasteiger charge is -2.27. The SMILES string of the molecule is CC(C)[C@H](NC(=O)[C@@H](Cc1ccccc1)NC(=O)[C@H](CC(=O)O)NC(=O)CNC(=O)[C@H](CCCN=C(N)N)NC(=O)OC(C)(C)C)C(=O)N[C@@H](C)C(=O)O. The number of benzene rings is 1. The number of amides is 6. The van der Waals surface area contributed by atoms with Crippen LogP contribution in [0.5, 0.6) is 0 Å². The van der Waals surface area contributed by atoms with Gasteiger partial charge in [0.15, 0.2) is 5.96 Å². The van der Waals surface area contributed by atoms with E-state index in [1.807, 2.05) is 0 Å². The Kier molecular flexibility index (Phi) is 18.9. The molecule has 0 radical (unpaired) electrons. The third kappa shape index (κ3) is 18.5. The molecule has 20 heteroatoms. The van der Waals surface area contributed by atoms with E-state index in [0.717, 1.165) is 0 Å². The third-order valence-electron chi connectivity index (χ3n) is 7.30. The summed E-state index contributed by atoms with van der Waals surface area (Å²) in [5.74, 6) is -7.94. The van der Waals surface area contributed by atoms with E-state index in [2.05, 4.69) is 36.9 Å². The van der Waals surface area contributed by atoms with Crippen LogP contribution in [0.2, 0.25) is 0 Å². The van der Waals surface area contributed by atoms with Gasteiger partial charge in [0, 0.05) is 13.0 Å². The number of carboxylic acids is 2. The standard InChI is InChI=1S/C34H53N9O11/c1-18(2)26(30(50)39-19(3)31(51)52)43-29(49)22(15-20-11-8-7-9-12-20)41-28(48)23(16-25(45)46)40-24(44)17-38-27(47)21(13-10-14-37-32(35)36)42-33(53)54-34(4,5)6/h7-9,11-12,18-19,21-23,26H,10,13-17H2,1-6H3,(H,38,47)(H,39,50)(H,40,44)(H,41,48)(H,42,53)(H,43,49)(H,45,46)(H,51,52)(H4,35,36,37)/t19-,21-,22+,23-,26-/m0/s1. The number of carbonyl (C=O) groups is 8. The summed E-state index contributed by atoms with van der Waals surface area (Å²) in [5.41, 5.74) is 10.4. The molecule has 300 valence electrons. The summed E-state index contributed by atoms with van der Waals surface area (Å²) in [6.45, 7) is 8.73. The number of alkyl carbamates (subject to hydrolysis) is 1. The predicted molar refractivity (Wildman–Crippen MR) is 194 cm³/mol. The Morgan fingerprint density at radius 1 is 0.778 bits per heavy atom. The van der Waals surface area contributed by atoms with E-state index in [1.165, 1.54) is 6.92 Å². The minimum Gasteiger partial charge on any atom is -0.481 e. The summed E-state index contributed by atoms with van der Waals surface area (Å²) in [4.78, 5) is 105. The van der Waals surface area contributed by atoms with Crippen molar-refractivity contribution in [1.82, 2.24) is 31.9 Å². The Bertz CT molecular complexity index is 1510. The van der Waals surface area contributed by atoms with Crippen molar-refractivity contribution >= 4 is 53.5 Å². The lowest BCUT2D eigenvalue weighted by atomic mass is 10.0. The van der Waals surface area contributed by atoms with Gasteiger partial charge in [0.2, 0.25) is 29.5 Å². The van der Waals surface area contributed by atoms with E-state index in [4.69, 9.17) is 16.2 Å². The molecule has 0 spiro atoms. The summed E-state index contributed by atoms with van der Waals surface area (Å²) in [7, 11) is 0. The maximum Gasteiger partial charge on any atom is 0.408 e. The van der Waals surface area contributed by atoms with Gasteiger partial charge in [-0.3, -0.25) is 38.6 Å².